The lowest BCUT2D eigenvalue weighted by molar-refractivity contribution is -0.0324. The van der Waals surface area contributed by atoms with Crippen LogP contribution in [0.5, 0.6) is 0 Å². The molecule has 2 heterocycles. The number of aryl methyl sites for hydroxylation is 1. The van der Waals surface area contributed by atoms with Gasteiger partial charge < -0.3 is 9.84 Å². The van der Waals surface area contributed by atoms with Gasteiger partial charge in [-0.25, -0.2) is 4.79 Å². The summed E-state index contributed by atoms with van der Waals surface area (Å²) < 4.78 is 5.59. The van der Waals surface area contributed by atoms with Crippen molar-refractivity contribution >= 4 is 23.4 Å². The minimum absolute atomic E-state index is 0.158. The Hall–Kier alpha value is -2.08. The Kier molecular flexibility index (Phi) is 5.32. The number of nitrogens with zero attached hydrogens (tertiary/aromatic N) is 2. The Bertz CT molecular complexity index is 847. The van der Waals surface area contributed by atoms with Gasteiger partial charge in [-0.2, -0.15) is 0 Å². The van der Waals surface area contributed by atoms with E-state index in [0.717, 1.165) is 29.9 Å². The highest BCUT2D eigenvalue weighted by Gasteiger charge is 2.37. The van der Waals surface area contributed by atoms with E-state index in [1.54, 1.807) is 4.90 Å². The number of halogens is 1. The first-order valence-corrected chi connectivity index (χ1v) is 10.1. The van der Waals surface area contributed by atoms with E-state index in [0.29, 0.717) is 31.0 Å². The fourth-order valence-electron chi connectivity index (χ4n) is 4.07. The van der Waals surface area contributed by atoms with Crippen LogP contribution in [0.3, 0.4) is 0 Å². The summed E-state index contributed by atoms with van der Waals surface area (Å²) in [5, 5.41) is 11.7. The zero-order chi connectivity index (χ0) is 19.7. The molecule has 2 aromatic rings. The van der Waals surface area contributed by atoms with Crippen molar-refractivity contribution in [2.75, 3.05) is 31.1 Å². The first-order valence-electron chi connectivity index (χ1n) is 9.69. The normalized spacial score (nSPS) is 22.3. The van der Waals surface area contributed by atoms with E-state index in [9.17, 15) is 9.90 Å². The number of carbonyl (C=O) groups excluding carboxylic acids is 1. The molecule has 2 saturated heterocycles. The van der Waals surface area contributed by atoms with Gasteiger partial charge in [0.1, 0.15) is 6.10 Å². The van der Waals surface area contributed by atoms with Gasteiger partial charge in [-0.05, 0) is 55.2 Å². The number of benzene rings is 2. The maximum Gasteiger partial charge on any atom is 0.414 e. The molecule has 0 saturated carbocycles. The predicted molar refractivity (Wildman–Crippen MR) is 110 cm³/mol. The molecule has 5 nitrogen and oxygen atoms in total. The number of anilines is 1. The highest BCUT2D eigenvalue weighted by molar-refractivity contribution is 6.30. The molecule has 1 atom stereocenters. The number of cyclic esters (lactones) is 1. The molecule has 148 valence electrons. The van der Waals surface area contributed by atoms with Gasteiger partial charge in [0, 0.05) is 30.3 Å². The third kappa shape index (κ3) is 4.02. The van der Waals surface area contributed by atoms with Crippen LogP contribution in [0.15, 0.2) is 48.5 Å². The number of piperidine rings is 1. The summed E-state index contributed by atoms with van der Waals surface area (Å²) in [6.07, 6.45) is 0.855. The van der Waals surface area contributed by atoms with Crippen molar-refractivity contribution in [2.24, 2.45) is 0 Å². The fraction of sp³-hybridized carbons (Fsp3) is 0.409. The van der Waals surface area contributed by atoms with Gasteiger partial charge in [0.15, 0.2) is 0 Å². The van der Waals surface area contributed by atoms with Crippen molar-refractivity contribution < 1.29 is 14.6 Å². The van der Waals surface area contributed by atoms with Gasteiger partial charge in [0.05, 0.1) is 12.1 Å². The Labute approximate surface area is 170 Å². The van der Waals surface area contributed by atoms with E-state index in [2.05, 4.69) is 4.90 Å². The van der Waals surface area contributed by atoms with Crippen LogP contribution in [0.1, 0.15) is 24.0 Å². The molecular weight excluding hydrogens is 376 g/mol. The fourth-order valence-corrected chi connectivity index (χ4v) is 4.19. The maximum absolute atomic E-state index is 12.3. The van der Waals surface area contributed by atoms with Crippen LogP contribution in [0.4, 0.5) is 10.5 Å². The predicted octanol–water partition coefficient (Wildman–Crippen LogP) is 3.96. The van der Waals surface area contributed by atoms with E-state index in [1.165, 1.54) is 0 Å². The van der Waals surface area contributed by atoms with Crippen LogP contribution in [0.2, 0.25) is 5.02 Å². The number of likely N-dealkylation sites (tertiary alicyclic amines) is 1. The van der Waals surface area contributed by atoms with Crippen molar-refractivity contribution in [3.05, 3.63) is 64.7 Å². The summed E-state index contributed by atoms with van der Waals surface area (Å²) in [6.45, 7) is 4.78. The van der Waals surface area contributed by atoms with Crippen LogP contribution in [0.25, 0.3) is 0 Å². The largest absolute Gasteiger partial charge is 0.443 e. The number of hydrogen-bond acceptors (Lipinski definition) is 4. The Morgan fingerprint density at radius 1 is 1.18 bits per heavy atom. The molecule has 28 heavy (non-hydrogen) atoms. The van der Waals surface area contributed by atoms with Crippen molar-refractivity contribution in [2.45, 2.75) is 31.5 Å². The van der Waals surface area contributed by atoms with Gasteiger partial charge in [-0.3, -0.25) is 9.80 Å². The number of ether oxygens (including phenoxy) is 1. The van der Waals surface area contributed by atoms with E-state index in [4.69, 9.17) is 16.3 Å². The molecule has 2 aliphatic rings. The third-order valence-electron chi connectivity index (χ3n) is 5.71. The van der Waals surface area contributed by atoms with Crippen LogP contribution in [0, 0.1) is 6.92 Å². The molecule has 0 spiro atoms. The monoisotopic (exact) mass is 400 g/mol. The van der Waals surface area contributed by atoms with Crippen LogP contribution in [-0.2, 0) is 10.3 Å². The molecule has 1 N–H and O–H groups in total. The second kappa shape index (κ2) is 7.74. The number of carbonyl (C=O) groups is 1. The highest BCUT2D eigenvalue weighted by Crippen LogP contribution is 2.34. The average molecular weight is 401 g/mol. The molecule has 4 rings (SSSR count). The van der Waals surface area contributed by atoms with E-state index in [1.807, 2.05) is 55.5 Å². The summed E-state index contributed by atoms with van der Waals surface area (Å²) in [6, 6.07) is 15.3. The van der Waals surface area contributed by atoms with Gasteiger partial charge >= 0.3 is 6.09 Å². The van der Waals surface area contributed by atoms with E-state index >= 15 is 0 Å². The maximum atomic E-state index is 12.3. The molecule has 0 aromatic heterocycles. The molecular formula is C22H25ClN2O3. The molecule has 0 radical (unpaired) electrons. The first-order chi connectivity index (χ1) is 13.4. The van der Waals surface area contributed by atoms with Crippen LogP contribution >= 0.6 is 11.6 Å². The van der Waals surface area contributed by atoms with Crippen molar-refractivity contribution in [3.8, 4) is 0 Å². The topological polar surface area (TPSA) is 53.0 Å². The molecule has 6 heteroatoms. The summed E-state index contributed by atoms with van der Waals surface area (Å²) in [7, 11) is 0. The number of rotatable bonds is 4. The summed E-state index contributed by atoms with van der Waals surface area (Å²) in [5.41, 5.74) is 2.09. The van der Waals surface area contributed by atoms with Crippen LogP contribution in [-0.4, -0.2) is 48.4 Å². The summed E-state index contributed by atoms with van der Waals surface area (Å²) in [5.74, 6) is 0. The van der Waals surface area contributed by atoms with Gasteiger partial charge in [-0.1, -0.05) is 35.9 Å². The number of hydrogen-bond donors (Lipinski definition) is 1. The Balaban J connectivity index is 1.34. The minimum atomic E-state index is -0.818. The van der Waals surface area contributed by atoms with Crippen molar-refractivity contribution in [1.82, 2.24) is 4.90 Å². The van der Waals surface area contributed by atoms with Crippen LogP contribution < -0.4 is 4.90 Å². The summed E-state index contributed by atoms with van der Waals surface area (Å²) >= 11 is 5.96. The first kappa shape index (κ1) is 19.2. The second-order valence-electron chi connectivity index (χ2n) is 7.79. The molecule has 0 bridgehead atoms. The molecule has 2 aromatic carbocycles. The Morgan fingerprint density at radius 3 is 2.57 bits per heavy atom. The highest BCUT2D eigenvalue weighted by atomic mass is 35.5. The van der Waals surface area contributed by atoms with E-state index < -0.39 is 5.60 Å². The minimum Gasteiger partial charge on any atom is -0.443 e. The summed E-state index contributed by atoms with van der Waals surface area (Å²) in [4.78, 5) is 16.3. The van der Waals surface area contributed by atoms with E-state index in [-0.39, 0.29) is 12.2 Å². The molecule has 2 fully saturated rings. The zero-order valence-electron chi connectivity index (χ0n) is 16.0. The SMILES string of the molecule is Cc1cccc(N2CC(CN3CCC(O)(c4ccc(Cl)cc4)CC3)OC2=O)c1. The Morgan fingerprint density at radius 2 is 1.89 bits per heavy atom. The number of amides is 1. The smallest absolute Gasteiger partial charge is 0.414 e. The quantitative estimate of drug-likeness (QED) is 0.844. The van der Waals surface area contributed by atoms with Crippen molar-refractivity contribution in [3.63, 3.8) is 0 Å². The van der Waals surface area contributed by atoms with Crippen molar-refractivity contribution in [1.29, 1.82) is 0 Å². The molecule has 2 aliphatic heterocycles. The number of aliphatic hydroxyl groups is 1. The second-order valence-corrected chi connectivity index (χ2v) is 8.23. The molecule has 0 aliphatic carbocycles. The lowest BCUT2D eigenvalue weighted by Gasteiger charge is -2.39. The van der Waals surface area contributed by atoms with Gasteiger partial charge in [0.2, 0.25) is 0 Å². The average Bonchev–Trinajstić information content (AvgIpc) is 3.04. The lowest BCUT2D eigenvalue weighted by atomic mass is 9.84. The van der Waals surface area contributed by atoms with Gasteiger partial charge in [0.25, 0.3) is 0 Å². The standard InChI is InChI=1S/C22H25ClN2O3/c1-16-3-2-4-19(13-16)25-15-20(28-21(25)26)14-24-11-9-22(27,10-12-24)17-5-7-18(23)8-6-17/h2-8,13,20,27H,9-12,14-15H2,1H3. The molecule has 1 amide bonds. The third-order valence-corrected chi connectivity index (χ3v) is 5.97. The lowest BCUT2D eigenvalue weighted by Crippen LogP contribution is -2.45. The molecule has 1 unspecified atom stereocenters. The zero-order valence-corrected chi connectivity index (χ0v) is 16.7. The van der Waals surface area contributed by atoms with Gasteiger partial charge in [-0.15, -0.1) is 0 Å².